The first-order valence-electron chi connectivity index (χ1n) is 7.29. The minimum atomic E-state index is 0.270. The lowest BCUT2D eigenvalue weighted by Crippen LogP contribution is -2.45. The van der Waals surface area contributed by atoms with Crippen LogP contribution < -0.4 is 14.8 Å². The molecule has 1 aromatic carbocycles. The molecular formula is C16H25NO2. The Morgan fingerprint density at radius 1 is 1.16 bits per heavy atom. The molecule has 2 rings (SSSR count). The molecule has 19 heavy (non-hydrogen) atoms. The summed E-state index contributed by atoms with van der Waals surface area (Å²) in [4.78, 5) is 0. The summed E-state index contributed by atoms with van der Waals surface area (Å²) in [5, 5.41) is 3.38. The van der Waals surface area contributed by atoms with Crippen LogP contribution in [0.1, 0.15) is 33.1 Å². The van der Waals surface area contributed by atoms with Gasteiger partial charge in [-0.3, -0.25) is 0 Å². The Labute approximate surface area is 116 Å². The molecule has 1 aliphatic rings. The Balaban J connectivity index is 1.98. The second-order valence-electron chi connectivity index (χ2n) is 5.37. The van der Waals surface area contributed by atoms with Crippen molar-refractivity contribution in [2.45, 2.75) is 45.3 Å². The van der Waals surface area contributed by atoms with Gasteiger partial charge in [0, 0.05) is 6.04 Å². The van der Waals surface area contributed by atoms with Crippen molar-refractivity contribution in [3.8, 4) is 11.5 Å². The maximum absolute atomic E-state index is 6.14. The summed E-state index contributed by atoms with van der Waals surface area (Å²) in [6.07, 6.45) is 3.87. The standard InChI is InChI=1S/C16H25NO2/c1-4-18-13-6-8-14(9-7-13)19-16-11-12(2)5-10-15(16)17-3/h6-9,12,15-17H,4-5,10-11H2,1-3H3. The average Bonchev–Trinajstić information content (AvgIpc) is 2.42. The van der Waals surface area contributed by atoms with Gasteiger partial charge in [0.05, 0.1) is 6.61 Å². The van der Waals surface area contributed by atoms with E-state index in [1.165, 1.54) is 12.8 Å². The highest BCUT2D eigenvalue weighted by molar-refractivity contribution is 5.31. The highest BCUT2D eigenvalue weighted by Gasteiger charge is 2.29. The summed E-state index contributed by atoms with van der Waals surface area (Å²) in [5.41, 5.74) is 0. The highest BCUT2D eigenvalue weighted by Crippen LogP contribution is 2.28. The first-order chi connectivity index (χ1) is 9.22. The van der Waals surface area contributed by atoms with E-state index in [4.69, 9.17) is 9.47 Å². The van der Waals surface area contributed by atoms with Gasteiger partial charge in [-0.25, -0.2) is 0 Å². The van der Waals surface area contributed by atoms with Crippen molar-refractivity contribution in [3.05, 3.63) is 24.3 Å². The third kappa shape index (κ3) is 3.87. The van der Waals surface area contributed by atoms with Crippen LogP contribution in [0.15, 0.2) is 24.3 Å². The first kappa shape index (κ1) is 14.2. The summed E-state index contributed by atoms with van der Waals surface area (Å²) in [5.74, 6) is 2.58. The molecule has 3 atom stereocenters. The quantitative estimate of drug-likeness (QED) is 0.884. The number of hydrogen-bond donors (Lipinski definition) is 1. The fourth-order valence-electron chi connectivity index (χ4n) is 2.75. The Kier molecular flexibility index (Phi) is 5.08. The second-order valence-corrected chi connectivity index (χ2v) is 5.37. The number of rotatable bonds is 5. The SMILES string of the molecule is CCOc1ccc(OC2CC(C)CCC2NC)cc1. The molecule has 1 aliphatic carbocycles. The largest absolute Gasteiger partial charge is 0.494 e. The van der Waals surface area contributed by atoms with Crippen LogP contribution >= 0.6 is 0 Å². The van der Waals surface area contributed by atoms with Gasteiger partial charge < -0.3 is 14.8 Å². The summed E-state index contributed by atoms with van der Waals surface area (Å²) >= 11 is 0. The Morgan fingerprint density at radius 2 is 1.84 bits per heavy atom. The highest BCUT2D eigenvalue weighted by atomic mass is 16.5. The molecule has 1 fully saturated rings. The number of ether oxygens (including phenoxy) is 2. The van der Waals surface area contributed by atoms with E-state index in [9.17, 15) is 0 Å². The van der Waals surface area contributed by atoms with Crippen LogP contribution in [0.3, 0.4) is 0 Å². The van der Waals surface area contributed by atoms with Gasteiger partial charge in [0.15, 0.2) is 0 Å². The molecule has 1 N–H and O–H groups in total. The van der Waals surface area contributed by atoms with Crippen molar-refractivity contribution in [2.75, 3.05) is 13.7 Å². The van der Waals surface area contributed by atoms with Crippen LogP contribution in [-0.2, 0) is 0 Å². The molecule has 1 aromatic rings. The third-order valence-corrected chi connectivity index (χ3v) is 3.85. The van der Waals surface area contributed by atoms with Crippen LogP contribution in [0.25, 0.3) is 0 Å². The maximum atomic E-state index is 6.14. The normalized spacial score (nSPS) is 27.0. The summed E-state index contributed by atoms with van der Waals surface area (Å²) in [6.45, 7) is 4.99. The van der Waals surface area contributed by atoms with E-state index in [1.54, 1.807) is 0 Å². The summed E-state index contributed by atoms with van der Waals surface area (Å²) in [6, 6.07) is 8.40. The third-order valence-electron chi connectivity index (χ3n) is 3.85. The Morgan fingerprint density at radius 3 is 2.47 bits per heavy atom. The van der Waals surface area contributed by atoms with E-state index < -0.39 is 0 Å². The van der Waals surface area contributed by atoms with Crippen LogP contribution in [0.4, 0.5) is 0 Å². The lowest BCUT2D eigenvalue weighted by molar-refractivity contribution is 0.0943. The van der Waals surface area contributed by atoms with E-state index in [-0.39, 0.29) is 6.10 Å². The number of benzene rings is 1. The van der Waals surface area contributed by atoms with Gasteiger partial charge in [0.1, 0.15) is 17.6 Å². The van der Waals surface area contributed by atoms with E-state index in [0.29, 0.717) is 12.6 Å². The fourth-order valence-corrected chi connectivity index (χ4v) is 2.75. The van der Waals surface area contributed by atoms with Crippen molar-refractivity contribution >= 4 is 0 Å². The topological polar surface area (TPSA) is 30.5 Å². The summed E-state index contributed by atoms with van der Waals surface area (Å²) in [7, 11) is 2.02. The van der Waals surface area contributed by atoms with Crippen LogP contribution in [0.5, 0.6) is 11.5 Å². The van der Waals surface area contributed by atoms with Crippen LogP contribution in [0, 0.1) is 5.92 Å². The van der Waals surface area contributed by atoms with E-state index in [2.05, 4.69) is 12.2 Å². The van der Waals surface area contributed by atoms with Crippen molar-refractivity contribution in [2.24, 2.45) is 5.92 Å². The molecule has 106 valence electrons. The van der Waals surface area contributed by atoms with Crippen molar-refractivity contribution in [1.82, 2.24) is 5.32 Å². The monoisotopic (exact) mass is 263 g/mol. The molecule has 3 unspecified atom stereocenters. The molecule has 0 heterocycles. The lowest BCUT2D eigenvalue weighted by Gasteiger charge is -2.34. The Hall–Kier alpha value is -1.22. The molecule has 1 saturated carbocycles. The molecule has 0 amide bonds. The zero-order chi connectivity index (χ0) is 13.7. The summed E-state index contributed by atoms with van der Waals surface area (Å²) < 4.78 is 11.6. The van der Waals surface area contributed by atoms with Gasteiger partial charge >= 0.3 is 0 Å². The predicted molar refractivity (Wildman–Crippen MR) is 77.9 cm³/mol. The first-order valence-corrected chi connectivity index (χ1v) is 7.29. The zero-order valence-corrected chi connectivity index (χ0v) is 12.2. The number of likely N-dealkylation sites (N-methyl/N-ethyl adjacent to an activating group) is 1. The van der Waals surface area contributed by atoms with Gasteiger partial charge in [-0.15, -0.1) is 0 Å². The van der Waals surface area contributed by atoms with E-state index in [1.807, 2.05) is 38.2 Å². The smallest absolute Gasteiger partial charge is 0.120 e. The molecule has 0 bridgehead atoms. The molecule has 0 aromatic heterocycles. The Bertz CT molecular complexity index is 377. The fraction of sp³-hybridized carbons (Fsp3) is 0.625. The van der Waals surface area contributed by atoms with Gasteiger partial charge in [-0.2, -0.15) is 0 Å². The average molecular weight is 263 g/mol. The minimum absolute atomic E-state index is 0.270. The predicted octanol–water partition coefficient (Wildman–Crippen LogP) is 3.24. The van der Waals surface area contributed by atoms with Crippen molar-refractivity contribution in [3.63, 3.8) is 0 Å². The molecule has 3 heteroatoms. The van der Waals surface area contributed by atoms with Crippen molar-refractivity contribution < 1.29 is 9.47 Å². The van der Waals surface area contributed by atoms with E-state index >= 15 is 0 Å². The van der Waals surface area contributed by atoms with Gasteiger partial charge in [-0.05, 0) is 63.4 Å². The number of hydrogen-bond acceptors (Lipinski definition) is 3. The van der Waals surface area contributed by atoms with Crippen LogP contribution in [0.2, 0.25) is 0 Å². The van der Waals surface area contributed by atoms with Gasteiger partial charge in [0.2, 0.25) is 0 Å². The molecule has 3 nitrogen and oxygen atoms in total. The van der Waals surface area contributed by atoms with Gasteiger partial charge in [-0.1, -0.05) is 6.92 Å². The second kappa shape index (κ2) is 6.80. The molecule has 0 spiro atoms. The van der Waals surface area contributed by atoms with Crippen molar-refractivity contribution in [1.29, 1.82) is 0 Å². The van der Waals surface area contributed by atoms with Crippen LogP contribution in [-0.4, -0.2) is 25.8 Å². The molecule has 0 aliphatic heterocycles. The zero-order valence-electron chi connectivity index (χ0n) is 12.2. The molecule has 0 radical (unpaired) electrons. The molecular weight excluding hydrogens is 238 g/mol. The lowest BCUT2D eigenvalue weighted by atomic mass is 9.85. The van der Waals surface area contributed by atoms with E-state index in [0.717, 1.165) is 23.8 Å². The maximum Gasteiger partial charge on any atom is 0.120 e. The molecule has 0 saturated heterocycles. The van der Waals surface area contributed by atoms with Gasteiger partial charge in [0.25, 0.3) is 0 Å². The minimum Gasteiger partial charge on any atom is -0.494 e. The number of nitrogens with one attached hydrogen (secondary N) is 1.